The number of anilines is 1. The fraction of sp³-hybridized carbons (Fsp3) is 0.0833. The van der Waals surface area contributed by atoms with Crippen molar-refractivity contribution in [2.45, 2.75) is 11.4 Å². The van der Waals surface area contributed by atoms with E-state index in [2.05, 4.69) is 9.71 Å². The number of aromatic nitrogens is 1. The first-order valence-electron chi connectivity index (χ1n) is 5.42. The van der Waals surface area contributed by atoms with Crippen molar-refractivity contribution in [3.05, 3.63) is 54.1 Å². The summed E-state index contributed by atoms with van der Waals surface area (Å²) in [6.45, 7) is 0.0760. The lowest BCUT2D eigenvalue weighted by atomic mass is 10.3. The largest absolute Gasteiger partial charge is 0.399 e. The minimum Gasteiger partial charge on any atom is -0.399 e. The van der Waals surface area contributed by atoms with Crippen molar-refractivity contribution in [1.29, 1.82) is 0 Å². The number of hydrogen-bond acceptors (Lipinski definition) is 4. The van der Waals surface area contributed by atoms with E-state index in [0.29, 0.717) is 5.56 Å². The average Bonchev–Trinajstić information content (AvgIpc) is 2.37. The molecular weight excluding hydrogens is 269 g/mol. The molecule has 0 radical (unpaired) electrons. The van der Waals surface area contributed by atoms with Gasteiger partial charge in [-0.25, -0.2) is 17.5 Å². The standard InChI is InChI=1S/C12H12FN3O2S/c13-10-4-11(14)6-12(5-10)19(17,18)16-8-9-2-1-3-15-7-9/h1-7,16H,8,14H2. The molecule has 0 fully saturated rings. The third-order valence-corrected chi connectivity index (χ3v) is 3.77. The summed E-state index contributed by atoms with van der Waals surface area (Å²) in [5.74, 6) is -0.693. The summed E-state index contributed by atoms with van der Waals surface area (Å²) in [7, 11) is -3.80. The zero-order chi connectivity index (χ0) is 13.9. The van der Waals surface area contributed by atoms with E-state index in [9.17, 15) is 12.8 Å². The predicted molar refractivity (Wildman–Crippen MR) is 69.1 cm³/mol. The Labute approximate surface area is 110 Å². The molecule has 0 spiro atoms. The zero-order valence-electron chi connectivity index (χ0n) is 9.88. The Hall–Kier alpha value is -1.99. The molecule has 0 unspecified atom stereocenters. The van der Waals surface area contributed by atoms with Gasteiger partial charge in [-0.1, -0.05) is 6.07 Å². The summed E-state index contributed by atoms with van der Waals surface area (Å²) in [5.41, 5.74) is 6.18. The van der Waals surface area contributed by atoms with Crippen LogP contribution in [0.3, 0.4) is 0 Å². The van der Waals surface area contributed by atoms with Crippen LogP contribution in [0.25, 0.3) is 0 Å². The van der Waals surface area contributed by atoms with Crippen molar-refractivity contribution in [2.24, 2.45) is 0 Å². The predicted octanol–water partition coefficient (Wildman–Crippen LogP) is 1.28. The first kappa shape index (κ1) is 13.4. The van der Waals surface area contributed by atoms with Crippen molar-refractivity contribution in [2.75, 3.05) is 5.73 Å². The van der Waals surface area contributed by atoms with Crippen LogP contribution in [0.2, 0.25) is 0 Å². The van der Waals surface area contributed by atoms with E-state index in [1.807, 2.05) is 0 Å². The maximum Gasteiger partial charge on any atom is 0.241 e. The van der Waals surface area contributed by atoms with Gasteiger partial charge in [-0.3, -0.25) is 4.98 Å². The van der Waals surface area contributed by atoms with Crippen molar-refractivity contribution in [3.63, 3.8) is 0 Å². The van der Waals surface area contributed by atoms with Crippen molar-refractivity contribution < 1.29 is 12.8 Å². The number of halogens is 1. The molecule has 2 rings (SSSR count). The summed E-state index contributed by atoms with van der Waals surface area (Å²) in [6.07, 6.45) is 3.13. The highest BCUT2D eigenvalue weighted by Crippen LogP contribution is 2.16. The first-order valence-corrected chi connectivity index (χ1v) is 6.90. The summed E-state index contributed by atoms with van der Waals surface area (Å²) in [6, 6.07) is 6.61. The van der Waals surface area contributed by atoms with Crippen LogP contribution in [0, 0.1) is 5.82 Å². The van der Waals surface area contributed by atoms with Crippen LogP contribution < -0.4 is 10.5 Å². The van der Waals surface area contributed by atoms with Gasteiger partial charge in [-0.05, 0) is 29.8 Å². The Morgan fingerprint density at radius 1 is 1.32 bits per heavy atom. The number of pyridine rings is 1. The molecule has 0 bridgehead atoms. The normalized spacial score (nSPS) is 11.4. The van der Waals surface area contributed by atoms with Crippen LogP contribution in [-0.4, -0.2) is 13.4 Å². The topological polar surface area (TPSA) is 85.1 Å². The highest BCUT2D eigenvalue weighted by molar-refractivity contribution is 7.89. The van der Waals surface area contributed by atoms with Crippen molar-refractivity contribution in [3.8, 4) is 0 Å². The maximum atomic E-state index is 13.1. The van der Waals surface area contributed by atoms with Gasteiger partial charge >= 0.3 is 0 Å². The van der Waals surface area contributed by atoms with Crippen LogP contribution in [0.15, 0.2) is 47.6 Å². The minimum atomic E-state index is -3.80. The molecular formula is C12H12FN3O2S. The lowest BCUT2D eigenvalue weighted by Gasteiger charge is -2.07. The van der Waals surface area contributed by atoms with Crippen LogP contribution in [-0.2, 0) is 16.6 Å². The second kappa shape index (κ2) is 5.33. The van der Waals surface area contributed by atoms with E-state index in [1.54, 1.807) is 24.5 Å². The van der Waals surface area contributed by atoms with Crippen molar-refractivity contribution >= 4 is 15.7 Å². The van der Waals surface area contributed by atoms with Crippen LogP contribution in [0.4, 0.5) is 10.1 Å². The summed E-state index contributed by atoms with van der Waals surface area (Å²) >= 11 is 0. The monoisotopic (exact) mass is 281 g/mol. The fourth-order valence-electron chi connectivity index (χ4n) is 1.50. The number of nitrogens with two attached hydrogens (primary N) is 1. The average molecular weight is 281 g/mol. The molecule has 5 nitrogen and oxygen atoms in total. The van der Waals surface area contributed by atoms with Crippen molar-refractivity contribution in [1.82, 2.24) is 9.71 Å². The van der Waals surface area contributed by atoms with Gasteiger partial charge in [0.15, 0.2) is 0 Å². The Morgan fingerprint density at radius 2 is 2.11 bits per heavy atom. The molecule has 1 aromatic heterocycles. The molecule has 0 amide bonds. The van der Waals surface area contributed by atoms with Gasteiger partial charge in [0.1, 0.15) is 5.82 Å². The highest BCUT2D eigenvalue weighted by atomic mass is 32.2. The molecule has 0 atom stereocenters. The minimum absolute atomic E-state index is 0.0572. The highest BCUT2D eigenvalue weighted by Gasteiger charge is 2.15. The summed E-state index contributed by atoms with van der Waals surface area (Å²) in [5, 5.41) is 0. The molecule has 7 heteroatoms. The number of nitrogen functional groups attached to an aromatic ring is 1. The molecule has 0 aliphatic heterocycles. The number of sulfonamides is 1. The zero-order valence-corrected chi connectivity index (χ0v) is 10.7. The van der Waals surface area contributed by atoms with Gasteiger partial charge in [0, 0.05) is 24.6 Å². The van der Waals surface area contributed by atoms with Gasteiger partial charge in [-0.2, -0.15) is 0 Å². The van der Waals surface area contributed by atoms with Crippen LogP contribution in [0.1, 0.15) is 5.56 Å². The lowest BCUT2D eigenvalue weighted by Crippen LogP contribution is -2.23. The third kappa shape index (κ3) is 3.49. The molecule has 0 saturated heterocycles. The number of nitrogens with one attached hydrogen (secondary N) is 1. The number of benzene rings is 1. The molecule has 100 valence electrons. The molecule has 1 heterocycles. The second-order valence-electron chi connectivity index (χ2n) is 3.91. The molecule has 3 N–H and O–H groups in total. The van der Waals surface area contributed by atoms with E-state index in [1.165, 1.54) is 6.07 Å². The number of nitrogens with zero attached hydrogens (tertiary/aromatic N) is 1. The van der Waals surface area contributed by atoms with Gasteiger partial charge < -0.3 is 5.73 Å². The third-order valence-electron chi connectivity index (χ3n) is 2.39. The van der Waals surface area contributed by atoms with Gasteiger partial charge in [0.25, 0.3) is 0 Å². The lowest BCUT2D eigenvalue weighted by molar-refractivity contribution is 0.577. The second-order valence-corrected chi connectivity index (χ2v) is 5.67. The van der Waals surface area contributed by atoms with E-state index in [4.69, 9.17) is 5.73 Å². The summed E-state index contributed by atoms with van der Waals surface area (Å²) in [4.78, 5) is 3.67. The number of hydrogen-bond donors (Lipinski definition) is 2. The van der Waals surface area contributed by atoms with Crippen LogP contribution in [0.5, 0.6) is 0 Å². The fourth-order valence-corrected chi connectivity index (χ4v) is 2.59. The van der Waals surface area contributed by atoms with Crippen LogP contribution >= 0.6 is 0 Å². The van der Waals surface area contributed by atoms with E-state index < -0.39 is 15.8 Å². The molecule has 19 heavy (non-hydrogen) atoms. The Kier molecular flexibility index (Phi) is 3.77. The Morgan fingerprint density at radius 3 is 2.74 bits per heavy atom. The molecule has 0 saturated carbocycles. The molecule has 2 aromatic rings. The SMILES string of the molecule is Nc1cc(F)cc(S(=O)(=O)NCc2cccnc2)c1. The summed E-state index contributed by atoms with van der Waals surface area (Å²) < 4.78 is 39.4. The Bertz CT molecular complexity index is 654. The van der Waals surface area contributed by atoms with Gasteiger partial charge in [0.2, 0.25) is 10.0 Å². The maximum absolute atomic E-state index is 13.1. The van der Waals surface area contributed by atoms with E-state index in [0.717, 1.165) is 12.1 Å². The van der Waals surface area contributed by atoms with E-state index >= 15 is 0 Å². The molecule has 0 aliphatic carbocycles. The first-order chi connectivity index (χ1) is 8.97. The van der Waals surface area contributed by atoms with E-state index in [-0.39, 0.29) is 17.1 Å². The molecule has 0 aliphatic rings. The Balaban J connectivity index is 2.19. The smallest absolute Gasteiger partial charge is 0.241 e. The quantitative estimate of drug-likeness (QED) is 0.827. The molecule has 1 aromatic carbocycles. The van der Waals surface area contributed by atoms with Gasteiger partial charge in [0.05, 0.1) is 4.90 Å². The number of rotatable bonds is 4. The van der Waals surface area contributed by atoms with Gasteiger partial charge in [-0.15, -0.1) is 0 Å².